The molecular weight excluding hydrogens is 240 g/mol. The summed E-state index contributed by atoms with van der Waals surface area (Å²) >= 11 is -1.50. The maximum absolute atomic E-state index is 9.49. The summed E-state index contributed by atoms with van der Waals surface area (Å²) in [6, 6.07) is 0. The van der Waals surface area contributed by atoms with Crippen LogP contribution in [0.2, 0.25) is 0 Å². The average Bonchev–Trinajstić information content (AvgIpc) is 2.05. The van der Waals surface area contributed by atoms with E-state index in [1.54, 1.807) is 13.8 Å². The maximum atomic E-state index is 9.49. The topological polar surface area (TPSA) is 121 Å². The number of rotatable bonds is 4. The molecule has 0 amide bonds. The van der Waals surface area contributed by atoms with Gasteiger partial charge in [-0.15, -0.1) is 0 Å². The molecule has 0 aliphatic heterocycles. The minimum absolute atomic E-state index is 0.181. The van der Waals surface area contributed by atoms with Gasteiger partial charge < -0.3 is 19.8 Å². The van der Waals surface area contributed by atoms with Gasteiger partial charge in [0.1, 0.15) is 0 Å². The summed E-state index contributed by atoms with van der Waals surface area (Å²) in [7, 11) is 0. The van der Waals surface area contributed by atoms with Gasteiger partial charge in [-0.3, -0.25) is 0 Å². The van der Waals surface area contributed by atoms with Crippen molar-refractivity contribution >= 4 is 11.9 Å². The third-order valence-electron chi connectivity index (χ3n) is 0.908. The van der Waals surface area contributed by atoms with E-state index < -0.39 is 31.9 Å². The molecule has 7 heteroatoms. The Bertz CT molecular complexity index is 134. The zero-order chi connectivity index (χ0) is 12.7. The van der Waals surface area contributed by atoms with Crippen LogP contribution in [-0.4, -0.2) is 19.3 Å². The molecule has 0 aliphatic rings. The Balaban J connectivity index is -0.000000153. The van der Waals surface area contributed by atoms with Gasteiger partial charge in [0.2, 0.25) is 0 Å². The molecule has 0 radical (unpaired) electrons. The summed E-state index contributed by atoms with van der Waals surface area (Å²) in [4.78, 5) is 19.0. The van der Waals surface area contributed by atoms with Gasteiger partial charge in [0.25, 0.3) is 0 Å². The number of carboxylic acid groups (broad SMARTS) is 2. The molecule has 0 unspecified atom stereocenters. The number of hydrogen-bond acceptors (Lipinski definition) is 6. The number of carbonyl (C=O) groups excluding carboxylic acids is 2. The van der Waals surface area contributed by atoms with E-state index in [4.69, 9.17) is 7.38 Å². The van der Waals surface area contributed by atoms with Gasteiger partial charge >= 0.3 is 27.3 Å². The first-order chi connectivity index (χ1) is 6.95. The van der Waals surface area contributed by atoms with Crippen LogP contribution in [0, 0.1) is 0 Å². The van der Waals surface area contributed by atoms with Crippen LogP contribution in [0.1, 0.15) is 39.5 Å². The predicted octanol–water partition coefficient (Wildman–Crippen LogP) is -2.04. The molecule has 0 rings (SSSR count). The van der Waals surface area contributed by atoms with Crippen LogP contribution in [0.15, 0.2) is 0 Å². The zero-order valence-electron chi connectivity index (χ0n) is 8.86. The molecule has 0 spiro atoms. The van der Waals surface area contributed by atoms with E-state index in [1.807, 2.05) is 0 Å². The Morgan fingerprint density at radius 2 is 1.20 bits per heavy atom. The van der Waals surface area contributed by atoms with Gasteiger partial charge in [-0.2, -0.15) is 0 Å². The molecule has 0 heterocycles. The summed E-state index contributed by atoms with van der Waals surface area (Å²) in [6.45, 7) is 3.60. The van der Waals surface area contributed by atoms with E-state index in [1.165, 1.54) is 0 Å². The van der Waals surface area contributed by atoms with Gasteiger partial charge in [-0.05, 0) is 12.8 Å². The molecule has 0 atom stereocenters. The van der Waals surface area contributed by atoms with Crippen LogP contribution >= 0.6 is 0 Å². The number of carboxylic acids is 2. The van der Waals surface area contributed by atoms with E-state index in [0.717, 1.165) is 0 Å². The van der Waals surface area contributed by atoms with Gasteiger partial charge in [-0.25, -0.2) is 0 Å². The Kier molecular flexibility index (Phi) is 25.7. The fourth-order valence-corrected chi connectivity index (χ4v) is 0.408. The predicted molar refractivity (Wildman–Crippen MR) is 44.3 cm³/mol. The second kappa shape index (κ2) is 19.2. The normalized spacial score (nSPS) is 7.20. The Hall–Kier alpha value is -0.426. The summed E-state index contributed by atoms with van der Waals surface area (Å²) in [5.74, 6) is -1.92. The van der Waals surface area contributed by atoms with Crippen LogP contribution in [0.4, 0.5) is 0 Å². The minimum atomic E-state index is -1.50. The first-order valence-corrected chi connectivity index (χ1v) is 5.78. The molecule has 0 aliphatic carbocycles. The van der Waals surface area contributed by atoms with E-state index in [0.29, 0.717) is 12.8 Å². The SMILES string of the molecule is CCCC(=O)[O-].CCCC(=O)[O-].[OH][Ti+2][OH]. The second-order valence-electron chi connectivity index (χ2n) is 2.34. The first kappa shape index (κ1) is 20.0. The molecular formula is C8H16O6Ti. The molecule has 0 aromatic rings. The van der Waals surface area contributed by atoms with Gasteiger partial charge in [0.05, 0.1) is 0 Å². The van der Waals surface area contributed by atoms with E-state index in [-0.39, 0.29) is 12.8 Å². The average molecular weight is 256 g/mol. The monoisotopic (exact) mass is 256 g/mol. The summed E-state index contributed by atoms with van der Waals surface area (Å²) < 4.78 is 14.5. The fourth-order valence-electron chi connectivity index (χ4n) is 0.408. The molecule has 0 fully saturated rings. The summed E-state index contributed by atoms with van der Waals surface area (Å²) in [5.41, 5.74) is 0. The Morgan fingerprint density at radius 3 is 1.20 bits per heavy atom. The van der Waals surface area contributed by atoms with Crippen molar-refractivity contribution in [3.8, 4) is 0 Å². The van der Waals surface area contributed by atoms with E-state index >= 15 is 0 Å². The quantitative estimate of drug-likeness (QED) is 0.559. The van der Waals surface area contributed by atoms with E-state index in [2.05, 4.69) is 0 Å². The summed E-state index contributed by atoms with van der Waals surface area (Å²) in [6.07, 6.45) is 1.70. The van der Waals surface area contributed by atoms with Crippen LogP contribution in [0.25, 0.3) is 0 Å². The van der Waals surface area contributed by atoms with Gasteiger partial charge in [-0.1, -0.05) is 26.7 Å². The standard InChI is InChI=1S/2C4H8O2.2H2O.Ti/c2*1-2-3-4(5)6;;;/h2*2-3H2,1H3,(H,5,6);2*1H2;/q;;;;+4/p-4. The Labute approximate surface area is 98.8 Å². The van der Waals surface area contributed by atoms with E-state index in [9.17, 15) is 19.8 Å². The third-order valence-corrected chi connectivity index (χ3v) is 0.908. The van der Waals surface area contributed by atoms with Crippen molar-refractivity contribution < 1.29 is 47.1 Å². The van der Waals surface area contributed by atoms with Gasteiger partial charge in [0, 0.05) is 11.9 Å². The van der Waals surface area contributed by atoms with Crippen LogP contribution in [0.5, 0.6) is 0 Å². The zero-order valence-corrected chi connectivity index (χ0v) is 10.4. The fraction of sp³-hybridized carbons (Fsp3) is 0.750. The van der Waals surface area contributed by atoms with Crippen LogP contribution in [-0.2, 0) is 29.5 Å². The number of hydrogen-bond donors (Lipinski definition) is 2. The molecule has 0 bridgehead atoms. The van der Waals surface area contributed by atoms with Crippen molar-refractivity contribution in [3.63, 3.8) is 0 Å². The second-order valence-corrected chi connectivity index (χ2v) is 2.66. The molecule has 2 N–H and O–H groups in total. The number of carbonyl (C=O) groups is 2. The van der Waals surface area contributed by atoms with Crippen molar-refractivity contribution in [1.82, 2.24) is 0 Å². The van der Waals surface area contributed by atoms with Crippen molar-refractivity contribution in [2.75, 3.05) is 0 Å². The Morgan fingerprint density at radius 1 is 1.00 bits per heavy atom. The molecule has 0 saturated heterocycles. The van der Waals surface area contributed by atoms with Crippen molar-refractivity contribution in [2.45, 2.75) is 39.5 Å². The first-order valence-electron chi connectivity index (χ1n) is 4.39. The van der Waals surface area contributed by atoms with Crippen molar-refractivity contribution in [1.29, 1.82) is 0 Å². The summed E-state index contributed by atoms with van der Waals surface area (Å²) in [5, 5.41) is 19.0. The number of aliphatic carboxylic acids is 2. The molecule has 6 nitrogen and oxygen atoms in total. The van der Waals surface area contributed by atoms with Crippen molar-refractivity contribution in [2.24, 2.45) is 0 Å². The van der Waals surface area contributed by atoms with Crippen LogP contribution < -0.4 is 10.2 Å². The third kappa shape index (κ3) is 58.5. The molecule has 0 aromatic heterocycles. The molecule has 0 aromatic carbocycles. The molecule has 88 valence electrons. The molecule has 15 heavy (non-hydrogen) atoms. The van der Waals surface area contributed by atoms with Gasteiger partial charge in [0.15, 0.2) is 0 Å². The molecule has 0 saturated carbocycles. The van der Waals surface area contributed by atoms with Crippen molar-refractivity contribution in [3.05, 3.63) is 0 Å². The van der Waals surface area contributed by atoms with Crippen LogP contribution in [0.3, 0.4) is 0 Å².